The van der Waals surface area contributed by atoms with Crippen LogP contribution in [0.5, 0.6) is 0 Å². The van der Waals surface area contributed by atoms with Gasteiger partial charge in [0.1, 0.15) is 35.2 Å². The summed E-state index contributed by atoms with van der Waals surface area (Å²) in [7, 11) is 10.3. The van der Waals surface area contributed by atoms with Gasteiger partial charge in [0.2, 0.25) is 11.0 Å². The number of aryl methyl sites for hydroxylation is 7. The zero-order valence-corrected chi connectivity index (χ0v) is 40.0. The molecule has 0 spiro atoms. The molecule has 0 atom stereocenters. The van der Waals surface area contributed by atoms with Crippen LogP contribution in [0.25, 0.3) is 87.1 Å². The maximum Gasteiger partial charge on any atom is 2.00 e. The SMILES string of the molecule is C.C.C.C.C.C.C[n+]1cc2ccc3c[n+](C)cc4ccc(c1)c2c34.C[n+]1ccc(-c2cc[n+](C)cc2)cc1.Cc1c2ccccc2[n+](C)c2ccccc12.Cc1c2ccccc2nc2ccccc12.[CH3-].[V+2]. The molecular formula is C64H80N6V+6. The number of aromatic nitrogens is 6. The van der Waals surface area contributed by atoms with Gasteiger partial charge in [-0.3, -0.25) is 0 Å². The van der Waals surface area contributed by atoms with Crippen molar-refractivity contribution in [2.24, 2.45) is 35.2 Å². The summed E-state index contributed by atoms with van der Waals surface area (Å²) in [5.41, 5.74) is 9.92. The molecule has 71 heavy (non-hydrogen) atoms. The monoisotopic (exact) mass is 984 g/mol. The van der Waals surface area contributed by atoms with E-state index >= 15 is 0 Å². The molecule has 7 heteroatoms. The van der Waals surface area contributed by atoms with Crippen LogP contribution in [0.4, 0.5) is 0 Å². The predicted octanol–water partition coefficient (Wildman–Crippen LogP) is 14.3. The molecule has 0 aliphatic heterocycles. The van der Waals surface area contributed by atoms with Gasteiger partial charge >= 0.3 is 18.6 Å². The molecule has 0 saturated carbocycles. The number of para-hydroxylation sites is 4. The summed E-state index contributed by atoms with van der Waals surface area (Å²) in [5.74, 6) is 0. The summed E-state index contributed by atoms with van der Waals surface area (Å²) in [6, 6.07) is 51.0. The van der Waals surface area contributed by atoms with Crippen LogP contribution in [0.2, 0.25) is 0 Å². The third-order valence-corrected chi connectivity index (χ3v) is 12.1. The fourth-order valence-corrected chi connectivity index (χ4v) is 8.87. The maximum absolute atomic E-state index is 4.64. The minimum atomic E-state index is 0. The van der Waals surface area contributed by atoms with Gasteiger partial charge in [-0.2, -0.15) is 4.57 Å². The number of pyridine rings is 6. The Kier molecular flexibility index (Phi) is 23.3. The van der Waals surface area contributed by atoms with E-state index in [0.29, 0.717) is 0 Å². The summed E-state index contributed by atoms with van der Waals surface area (Å²) in [5, 5.41) is 13.2. The van der Waals surface area contributed by atoms with Crippen molar-refractivity contribution in [1.29, 1.82) is 0 Å². The smallest absolute Gasteiger partial charge is 0.358 e. The second-order valence-electron chi connectivity index (χ2n) is 16.6. The minimum absolute atomic E-state index is 0. The van der Waals surface area contributed by atoms with Crippen molar-refractivity contribution in [3.8, 4) is 11.1 Å². The average molecular weight is 984 g/mol. The Morgan fingerprint density at radius 3 is 0.958 bits per heavy atom. The van der Waals surface area contributed by atoms with E-state index in [4.69, 9.17) is 0 Å². The van der Waals surface area contributed by atoms with Gasteiger partial charge in [0.05, 0.1) is 11.0 Å². The van der Waals surface area contributed by atoms with Crippen molar-refractivity contribution in [2.75, 3.05) is 0 Å². The Morgan fingerprint density at radius 2 is 0.620 bits per heavy atom. The van der Waals surface area contributed by atoms with E-state index in [9.17, 15) is 0 Å². The zero-order valence-electron chi connectivity index (χ0n) is 38.6. The molecule has 0 fully saturated rings. The first kappa shape index (κ1) is 61.9. The van der Waals surface area contributed by atoms with E-state index in [0.717, 1.165) is 11.0 Å². The predicted molar refractivity (Wildman–Crippen MR) is 305 cm³/mol. The Morgan fingerprint density at radius 1 is 0.338 bits per heavy atom. The van der Waals surface area contributed by atoms with Crippen molar-refractivity contribution in [1.82, 2.24) is 4.98 Å². The molecule has 0 unspecified atom stereocenters. The number of benzene rings is 6. The van der Waals surface area contributed by atoms with Crippen molar-refractivity contribution < 1.29 is 41.4 Å². The van der Waals surface area contributed by atoms with Gasteiger partial charge in [-0.05, 0) is 84.6 Å². The Hall–Kier alpha value is -7.12. The van der Waals surface area contributed by atoms with E-state index in [1.165, 1.54) is 87.1 Å². The van der Waals surface area contributed by atoms with Crippen LogP contribution >= 0.6 is 0 Å². The second-order valence-corrected chi connectivity index (χ2v) is 16.6. The Balaban J connectivity index is 0.000000458. The topological polar surface area (TPSA) is 32.3 Å². The van der Waals surface area contributed by atoms with Gasteiger partial charge in [0.25, 0.3) is 0 Å². The van der Waals surface area contributed by atoms with Gasteiger partial charge in [-0.25, -0.2) is 23.3 Å². The van der Waals surface area contributed by atoms with E-state index in [1.807, 2.05) is 35.4 Å². The first-order valence-corrected chi connectivity index (χ1v) is 21.5. The molecule has 0 saturated heterocycles. The van der Waals surface area contributed by atoms with Crippen LogP contribution in [0.3, 0.4) is 0 Å². The summed E-state index contributed by atoms with van der Waals surface area (Å²) in [6.07, 6.45) is 17.0. The first-order valence-electron chi connectivity index (χ1n) is 21.5. The molecule has 12 rings (SSSR count). The number of hydrogen-bond donors (Lipinski definition) is 0. The van der Waals surface area contributed by atoms with Crippen LogP contribution in [0.15, 0.2) is 195 Å². The van der Waals surface area contributed by atoms with Gasteiger partial charge in [-0.1, -0.05) is 105 Å². The van der Waals surface area contributed by atoms with Crippen molar-refractivity contribution in [2.45, 2.75) is 58.4 Å². The number of nitrogens with zero attached hydrogens (tertiary/aromatic N) is 6. The number of fused-ring (bicyclic) bond motifs is 4. The van der Waals surface area contributed by atoms with E-state index in [1.54, 1.807) is 0 Å². The van der Waals surface area contributed by atoms with Crippen LogP contribution in [0, 0.1) is 21.3 Å². The number of hydrogen-bond acceptors (Lipinski definition) is 1. The summed E-state index contributed by atoms with van der Waals surface area (Å²) in [4.78, 5) is 4.64. The molecule has 0 amide bonds. The van der Waals surface area contributed by atoms with Gasteiger partial charge in [0, 0.05) is 90.3 Å². The standard InChI is InChI=1S/C16H14N2.C15H14N.C14H11N.C12H14N2.6CH4.CH3.V/c1-17-7-11-3-5-13-9-18(2)10-14-6-4-12(8-17)15(11)16(13)14;1-11-12-7-3-5-9-14(12)16(2)15-10-6-4-8-13(11)15;1-10-11-6-2-4-8-13(11)15-14-9-5-3-7-12(10)14;1-13-7-3-11(4-8-13)12-5-9-14(2)10-6-12;;;;;;;;/h3-10H,1-2H3;3-10H,1-2H3;2-9H,1H3;3-10H,1-2H3;6*1H4;1H3;/q+2;+1;;+2;;;;;;;-1;+2. The minimum Gasteiger partial charge on any atom is -0.358 e. The first-order chi connectivity index (χ1) is 30.6. The van der Waals surface area contributed by atoms with Crippen LogP contribution < -0.4 is 22.8 Å². The molecule has 12 aromatic rings. The maximum atomic E-state index is 4.64. The van der Waals surface area contributed by atoms with E-state index in [2.05, 4.69) is 237 Å². The van der Waals surface area contributed by atoms with Crippen molar-refractivity contribution in [3.05, 3.63) is 214 Å². The molecule has 1 radical (unpaired) electrons. The Labute approximate surface area is 438 Å². The molecular weight excluding hydrogens is 904 g/mol. The quantitative estimate of drug-likeness (QED) is 0.0698. The third-order valence-electron chi connectivity index (χ3n) is 12.1. The zero-order chi connectivity index (χ0) is 43.6. The second kappa shape index (κ2) is 26.7. The van der Waals surface area contributed by atoms with E-state index < -0.39 is 0 Å². The van der Waals surface area contributed by atoms with Crippen molar-refractivity contribution in [3.63, 3.8) is 0 Å². The Bertz CT molecular complexity index is 3230. The average Bonchev–Trinajstić information content (AvgIpc) is 3.31. The molecule has 6 nitrogen and oxygen atoms in total. The molecule has 0 N–H and O–H groups in total. The van der Waals surface area contributed by atoms with Gasteiger partial charge in [0.15, 0.2) is 49.6 Å². The van der Waals surface area contributed by atoms with Crippen LogP contribution in [0.1, 0.15) is 55.7 Å². The molecule has 0 aliphatic rings. The number of rotatable bonds is 1. The summed E-state index contributed by atoms with van der Waals surface area (Å²) >= 11 is 0. The summed E-state index contributed by atoms with van der Waals surface area (Å²) in [6.45, 7) is 4.36. The molecule has 6 aromatic carbocycles. The largest absolute Gasteiger partial charge is 2.00 e. The summed E-state index contributed by atoms with van der Waals surface area (Å²) < 4.78 is 10.6. The molecule has 365 valence electrons. The fourth-order valence-electron chi connectivity index (χ4n) is 8.87. The van der Waals surface area contributed by atoms with Crippen LogP contribution in [-0.4, -0.2) is 4.98 Å². The molecule has 0 bridgehead atoms. The molecule has 6 aromatic heterocycles. The van der Waals surface area contributed by atoms with Gasteiger partial charge < -0.3 is 7.43 Å². The van der Waals surface area contributed by atoms with Gasteiger partial charge in [-0.15, -0.1) is 0 Å². The van der Waals surface area contributed by atoms with Crippen molar-refractivity contribution >= 4 is 75.9 Å². The fraction of sp³-hybridized carbons (Fsp3) is 0.203. The molecule has 6 heterocycles. The third kappa shape index (κ3) is 12.8. The van der Waals surface area contributed by atoms with Crippen LogP contribution in [-0.2, 0) is 53.8 Å². The molecule has 0 aliphatic carbocycles. The normalized spacial score (nSPS) is 9.85. The van der Waals surface area contributed by atoms with E-state index in [-0.39, 0.29) is 70.5 Å².